The third kappa shape index (κ3) is 15.2. The zero-order valence-electron chi connectivity index (χ0n) is 37.1. The average Bonchev–Trinajstić information content (AvgIpc) is 3.29. The highest BCUT2D eigenvalue weighted by Crippen LogP contribution is 2.35. The molecule has 8 aromatic carbocycles. The van der Waals surface area contributed by atoms with E-state index in [0.717, 1.165) is 79.1 Å². The fourth-order valence-electron chi connectivity index (χ4n) is 6.06. The Hall–Kier alpha value is -7.27. The fourth-order valence-corrected chi connectivity index (χ4v) is 6.71. The van der Waals surface area contributed by atoms with Crippen molar-refractivity contribution < 1.29 is 23.7 Å². The smallest absolute Gasteiger partial charge is 0.169 e. The third-order valence-electron chi connectivity index (χ3n) is 9.44. The summed E-state index contributed by atoms with van der Waals surface area (Å²) in [6.07, 6.45) is 0.962. The molecule has 0 bridgehead atoms. The first-order chi connectivity index (χ1) is 31.3. The van der Waals surface area contributed by atoms with E-state index in [1.807, 2.05) is 178 Å². The molecule has 0 aliphatic heterocycles. The van der Waals surface area contributed by atoms with E-state index < -0.39 is 0 Å². The van der Waals surface area contributed by atoms with E-state index in [1.165, 1.54) is 5.56 Å². The second-order valence-electron chi connectivity index (χ2n) is 14.5. The van der Waals surface area contributed by atoms with Gasteiger partial charge < -0.3 is 46.6 Å². The Morgan fingerprint density at radius 2 is 0.815 bits per heavy atom. The summed E-state index contributed by atoms with van der Waals surface area (Å²) in [5.74, 6) is 6.95. The van der Waals surface area contributed by atoms with Crippen molar-refractivity contribution in [3.05, 3.63) is 208 Å². The van der Waals surface area contributed by atoms with Gasteiger partial charge in [0.2, 0.25) is 0 Å². The first-order valence-corrected chi connectivity index (χ1v) is 21.9. The molecule has 0 atom stereocenters. The number of para-hydroxylation sites is 5. The zero-order chi connectivity index (χ0) is 46.7. The monoisotopic (exact) mass is 952 g/mol. The second-order valence-corrected chi connectivity index (χ2v) is 15.8. The minimum absolute atomic E-state index is 0.596. The number of aryl methyl sites for hydroxylation is 4. The molecule has 8 rings (SSSR count). The number of ether oxygens (including phenoxy) is 5. The lowest BCUT2D eigenvalue weighted by Crippen LogP contribution is -1.93. The number of nitrogen functional groups attached to an aromatic ring is 4. The maximum atomic E-state index is 6.01. The number of hydrogen-bond donors (Lipinski definition) is 4. The number of halogens is 2. The minimum atomic E-state index is 0.596. The van der Waals surface area contributed by atoms with Gasteiger partial charge in [-0.05, 0) is 181 Å². The van der Waals surface area contributed by atoms with E-state index in [2.05, 4.69) is 28.9 Å². The van der Waals surface area contributed by atoms with Gasteiger partial charge in [-0.15, -0.1) is 0 Å². The van der Waals surface area contributed by atoms with Gasteiger partial charge in [0.05, 0.1) is 16.6 Å². The van der Waals surface area contributed by atoms with Gasteiger partial charge in [0.25, 0.3) is 0 Å². The van der Waals surface area contributed by atoms with E-state index in [0.29, 0.717) is 28.0 Å². The van der Waals surface area contributed by atoms with E-state index in [-0.39, 0.29) is 0 Å². The third-order valence-corrected chi connectivity index (χ3v) is 10.4. The van der Waals surface area contributed by atoms with Crippen LogP contribution in [0, 0.1) is 20.8 Å². The van der Waals surface area contributed by atoms with Gasteiger partial charge in [0.1, 0.15) is 40.2 Å². The van der Waals surface area contributed by atoms with Crippen LogP contribution in [0.1, 0.15) is 29.2 Å². The highest BCUT2D eigenvalue weighted by molar-refractivity contribution is 9.10. The molecule has 0 aromatic heterocycles. The van der Waals surface area contributed by atoms with Crippen LogP contribution in [0.3, 0.4) is 0 Å². The predicted molar refractivity (Wildman–Crippen MR) is 272 cm³/mol. The molecule has 334 valence electrons. The van der Waals surface area contributed by atoms with Gasteiger partial charge in [0, 0.05) is 22.7 Å². The van der Waals surface area contributed by atoms with E-state index in [1.54, 1.807) is 19.2 Å². The fraction of sp³-hybridized carbons (Fsp3) is 0.111. The summed E-state index contributed by atoms with van der Waals surface area (Å²) in [7, 11) is 1.62. The Morgan fingerprint density at radius 1 is 0.415 bits per heavy atom. The van der Waals surface area contributed by atoms with Crippen LogP contribution in [0.4, 0.5) is 22.7 Å². The van der Waals surface area contributed by atoms with Crippen molar-refractivity contribution in [2.75, 3.05) is 30.0 Å². The predicted octanol–water partition coefficient (Wildman–Crippen LogP) is 15.2. The van der Waals surface area contributed by atoms with Crippen LogP contribution in [-0.2, 0) is 6.42 Å². The molecule has 0 aliphatic carbocycles. The number of methoxy groups -OCH3 is 1. The number of benzene rings is 8. The summed E-state index contributed by atoms with van der Waals surface area (Å²) in [5, 5.41) is 0.596. The summed E-state index contributed by atoms with van der Waals surface area (Å²) >= 11 is 9.41. The maximum Gasteiger partial charge on any atom is 0.169 e. The van der Waals surface area contributed by atoms with E-state index in [9.17, 15) is 0 Å². The molecule has 0 amide bonds. The minimum Gasteiger partial charge on any atom is -0.493 e. The summed E-state index contributed by atoms with van der Waals surface area (Å²) in [5.41, 5.74) is 29.9. The van der Waals surface area contributed by atoms with Crippen LogP contribution >= 0.6 is 27.5 Å². The normalized spacial score (nSPS) is 10.1. The Labute approximate surface area is 395 Å². The molecular formula is C54H54BrClN4O5. The molecular weight excluding hydrogens is 900 g/mol. The maximum absolute atomic E-state index is 6.01. The van der Waals surface area contributed by atoms with Gasteiger partial charge in [-0.2, -0.15) is 0 Å². The molecule has 11 heteroatoms. The number of anilines is 4. The van der Waals surface area contributed by atoms with Crippen molar-refractivity contribution in [2.45, 2.75) is 34.1 Å². The molecule has 0 saturated heterocycles. The second kappa shape index (κ2) is 24.5. The van der Waals surface area contributed by atoms with Crippen molar-refractivity contribution in [1.29, 1.82) is 0 Å². The van der Waals surface area contributed by atoms with Crippen LogP contribution in [0.25, 0.3) is 0 Å². The summed E-state index contributed by atoms with van der Waals surface area (Å²) < 4.78 is 29.2. The Balaban J connectivity index is 0.000000163. The molecule has 0 heterocycles. The molecule has 0 fully saturated rings. The molecule has 9 nitrogen and oxygen atoms in total. The SMILES string of the molecule is CCc1ccccc1Oc1ccc(N)cc1C.COc1ccccc1Oc1ccc(N)cc1C.Cc1cc(N)ccc1Oc1ccccc1Cl.Nc1ccc(Oc2ccccc2)c(Br)c1. The Kier molecular flexibility index (Phi) is 18.4. The number of nitrogens with two attached hydrogens (primary N) is 4. The van der Waals surface area contributed by atoms with Crippen LogP contribution in [-0.4, -0.2) is 7.11 Å². The van der Waals surface area contributed by atoms with Crippen LogP contribution in [0.2, 0.25) is 5.02 Å². The molecule has 0 radical (unpaired) electrons. The van der Waals surface area contributed by atoms with E-state index in [4.69, 9.17) is 58.2 Å². The van der Waals surface area contributed by atoms with E-state index >= 15 is 0 Å². The topological polar surface area (TPSA) is 150 Å². The standard InChI is InChI=1S/C15H17NO.C14H15NO2.C13H12ClNO.C12H10BrNO/c1-3-12-6-4-5-7-15(12)17-14-9-8-13(16)10-11(14)2;1-10-9-11(15)7-8-12(10)17-14-6-4-3-5-13(14)16-2;1-9-8-10(15)6-7-12(9)16-13-5-3-2-4-11(13)14;13-11-8-9(14)6-7-12(11)15-10-4-2-1-3-5-10/h4-10H,3,16H2,1-2H3;3-9H,15H2,1-2H3;2-8H,15H2,1H3;1-8H,14H2. The van der Waals surface area contributed by atoms with Crippen LogP contribution in [0.5, 0.6) is 51.7 Å². The Bertz CT molecular complexity index is 2670. The first-order valence-electron chi connectivity index (χ1n) is 20.7. The lowest BCUT2D eigenvalue weighted by molar-refractivity contribution is 0.378. The van der Waals surface area contributed by atoms with Crippen molar-refractivity contribution in [2.24, 2.45) is 0 Å². The van der Waals surface area contributed by atoms with Gasteiger partial charge in [-0.3, -0.25) is 0 Å². The molecule has 8 N–H and O–H groups in total. The lowest BCUT2D eigenvalue weighted by Gasteiger charge is -2.12. The zero-order valence-corrected chi connectivity index (χ0v) is 39.4. The van der Waals surface area contributed by atoms with Gasteiger partial charge >= 0.3 is 0 Å². The first kappa shape index (κ1) is 48.8. The lowest BCUT2D eigenvalue weighted by atomic mass is 10.1. The summed E-state index contributed by atoms with van der Waals surface area (Å²) in [6.45, 7) is 8.03. The van der Waals surface area contributed by atoms with Crippen molar-refractivity contribution in [1.82, 2.24) is 0 Å². The summed E-state index contributed by atoms with van der Waals surface area (Å²) in [4.78, 5) is 0. The molecule has 65 heavy (non-hydrogen) atoms. The highest BCUT2D eigenvalue weighted by atomic mass is 79.9. The molecule has 0 unspecified atom stereocenters. The number of rotatable bonds is 10. The van der Waals surface area contributed by atoms with Crippen molar-refractivity contribution in [3.63, 3.8) is 0 Å². The van der Waals surface area contributed by atoms with Gasteiger partial charge in [-0.1, -0.05) is 79.2 Å². The average molecular weight is 954 g/mol. The van der Waals surface area contributed by atoms with Gasteiger partial charge in [0.15, 0.2) is 11.5 Å². The highest BCUT2D eigenvalue weighted by Gasteiger charge is 2.08. The molecule has 0 aliphatic rings. The quantitative estimate of drug-likeness (QED) is 0.0982. The molecule has 0 spiro atoms. The van der Waals surface area contributed by atoms with Crippen LogP contribution in [0.15, 0.2) is 180 Å². The van der Waals surface area contributed by atoms with Crippen LogP contribution < -0.4 is 46.6 Å². The largest absolute Gasteiger partial charge is 0.493 e. The Morgan fingerprint density at radius 3 is 1.29 bits per heavy atom. The summed E-state index contributed by atoms with van der Waals surface area (Å²) in [6, 6.07) is 54.9. The molecule has 0 saturated carbocycles. The number of hydrogen-bond acceptors (Lipinski definition) is 9. The van der Waals surface area contributed by atoms with Crippen molar-refractivity contribution in [3.8, 4) is 51.7 Å². The van der Waals surface area contributed by atoms with Gasteiger partial charge in [-0.25, -0.2) is 0 Å². The molecule has 8 aromatic rings. The van der Waals surface area contributed by atoms with Crippen molar-refractivity contribution >= 4 is 50.3 Å².